The summed E-state index contributed by atoms with van der Waals surface area (Å²) < 4.78 is 1.48. The van der Waals surface area contributed by atoms with Crippen LogP contribution >= 0.6 is 0 Å². The van der Waals surface area contributed by atoms with E-state index in [0.717, 1.165) is 0 Å². The molecular formula is C7H5N5O2. The Kier molecular flexibility index (Phi) is 1.90. The third kappa shape index (κ3) is 1.42. The molecule has 0 atom stereocenters. The van der Waals surface area contributed by atoms with E-state index in [0.29, 0.717) is 5.69 Å². The summed E-state index contributed by atoms with van der Waals surface area (Å²) in [5.41, 5.74) is 0.633. The van der Waals surface area contributed by atoms with E-state index in [-0.39, 0.29) is 5.82 Å². The van der Waals surface area contributed by atoms with Crippen LogP contribution in [0.5, 0.6) is 0 Å². The lowest BCUT2D eigenvalue weighted by Crippen LogP contribution is -1.91. The minimum atomic E-state index is -0.555. The summed E-state index contributed by atoms with van der Waals surface area (Å²) in [6.45, 7) is 0. The smallest absolute Gasteiger partial charge is 0.358 e. The first kappa shape index (κ1) is 8.30. The van der Waals surface area contributed by atoms with Gasteiger partial charge in [0, 0.05) is 0 Å². The molecule has 0 aliphatic carbocycles. The maximum absolute atomic E-state index is 10.3. The van der Waals surface area contributed by atoms with Crippen LogP contribution in [-0.2, 0) is 0 Å². The minimum absolute atomic E-state index is 0.200. The SMILES string of the molecule is O=[N+]([O-])c1cn(-c2cncnc2)cn1. The van der Waals surface area contributed by atoms with Gasteiger partial charge in [-0.3, -0.25) is 4.57 Å². The molecule has 2 aromatic heterocycles. The number of imidazole rings is 1. The normalized spacial score (nSPS) is 10.0. The molecule has 14 heavy (non-hydrogen) atoms. The van der Waals surface area contributed by atoms with Gasteiger partial charge in [0.25, 0.3) is 0 Å². The van der Waals surface area contributed by atoms with Gasteiger partial charge >= 0.3 is 5.82 Å². The van der Waals surface area contributed by atoms with Crippen LogP contribution in [0.1, 0.15) is 0 Å². The first-order valence-corrected chi connectivity index (χ1v) is 3.71. The summed E-state index contributed by atoms with van der Waals surface area (Å²) in [5, 5.41) is 10.3. The Morgan fingerprint density at radius 3 is 2.64 bits per heavy atom. The van der Waals surface area contributed by atoms with E-state index in [4.69, 9.17) is 0 Å². The Morgan fingerprint density at radius 2 is 2.07 bits per heavy atom. The molecule has 0 aliphatic rings. The van der Waals surface area contributed by atoms with Gasteiger partial charge in [-0.2, -0.15) is 0 Å². The zero-order chi connectivity index (χ0) is 9.97. The number of hydrogen-bond donors (Lipinski definition) is 0. The molecule has 0 amide bonds. The van der Waals surface area contributed by atoms with Crippen molar-refractivity contribution in [2.75, 3.05) is 0 Å². The quantitative estimate of drug-likeness (QED) is 0.511. The topological polar surface area (TPSA) is 86.7 Å². The largest absolute Gasteiger partial charge is 0.381 e. The molecule has 0 bridgehead atoms. The van der Waals surface area contributed by atoms with Crippen LogP contribution in [0.3, 0.4) is 0 Å². The molecule has 0 aromatic carbocycles. The summed E-state index contributed by atoms with van der Waals surface area (Å²) in [6.07, 6.45) is 7.11. The summed E-state index contributed by atoms with van der Waals surface area (Å²) in [6, 6.07) is 0. The number of rotatable bonds is 2. The fourth-order valence-corrected chi connectivity index (χ4v) is 0.972. The molecule has 7 nitrogen and oxygen atoms in total. The summed E-state index contributed by atoms with van der Waals surface area (Å²) in [5.74, 6) is -0.200. The lowest BCUT2D eigenvalue weighted by atomic mass is 10.5. The van der Waals surface area contributed by atoms with E-state index in [1.165, 1.54) is 23.4 Å². The summed E-state index contributed by atoms with van der Waals surface area (Å²) >= 11 is 0. The van der Waals surface area contributed by atoms with Crippen molar-refractivity contribution in [3.8, 4) is 5.69 Å². The molecule has 2 rings (SSSR count). The van der Waals surface area contributed by atoms with E-state index in [9.17, 15) is 10.1 Å². The molecule has 0 unspecified atom stereocenters. The Morgan fingerprint density at radius 1 is 1.36 bits per heavy atom. The average Bonchev–Trinajstić information content (AvgIpc) is 2.68. The van der Waals surface area contributed by atoms with E-state index >= 15 is 0 Å². The van der Waals surface area contributed by atoms with E-state index in [2.05, 4.69) is 15.0 Å². The van der Waals surface area contributed by atoms with Gasteiger partial charge in [0.1, 0.15) is 12.5 Å². The zero-order valence-corrected chi connectivity index (χ0v) is 6.94. The predicted molar refractivity (Wildman–Crippen MR) is 45.8 cm³/mol. The van der Waals surface area contributed by atoms with Gasteiger partial charge in [-0.1, -0.05) is 0 Å². The van der Waals surface area contributed by atoms with Gasteiger partial charge < -0.3 is 10.1 Å². The van der Waals surface area contributed by atoms with E-state index in [1.54, 1.807) is 12.4 Å². The molecular weight excluding hydrogens is 186 g/mol. The first-order chi connectivity index (χ1) is 6.77. The fraction of sp³-hybridized carbons (Fsp3) is 0. The standard InChI is InChI=1S/C7H5N5O2/c13-12(14)7-3-11(5-10-7)6-1-8-4-9-2-6/h1-5H. The highest BCUT2D eigenvalue weighted by Crippen LogP contribution is 2.10. The van der Waals surface area contributed by atoms with Crippen molar-refractivity contribution in [1.29, 1.82) is 0 Å². The van der Waals surface area contributed by atoms with Crippen LogP contribution in [0, 0.1) is 10.1 Å². The third-order valence-corrected chi connectivity index (χ3v) is 1.60. The van der Waals surface area contributed by atoms with E-state index < -0.39 is 4.92 Å². The van der Waals surface area contributed by atoms with Gasteiger partial charge in [0.15, 0.2) is 0 Å². The van der Waals surface area contributed by atoms with Crippen molar-refractivity contribution in [1.82, 2.24) is 19.5 Å². The average molecular weight is 191 g/mol. The molecule has 0 N–H and O–H groups in total. The zero-order valence-electron chi connectivity index (χ0n) is 6.94. The molecule has 70 valence electrons. The van der Waals surface area contributed by atoms with Crippen LogP contribution in [0.4, 0.5) is 5.82 Å². The summed E-state index contributed by atoms with van der Waals surface area (Å²) in [7, 11) is 0. The van der Waals surface area contributed by atoms with Crippen molar-refractivity contribution < 1.29 is 4.92 Å². The number of aromatic nitrogens is 4. The van der Waals surface area contributed by atoms with Gasteiger partial charge in [-0.15, -0.1) is 0 Å². The molecule has 0 fully saturated rings. The highest BCUT2D eigenvalue weighted by molar-refractivity contribution is 5.28. The van der Waals surface area contributed by atoms with Crippen LogP contribution in [0.2, 0.25) is 0 Å². The molecule has 7 heteroatoms. The molecule has 2 aromatic rings. The minimum Gasteiger partial charge on any atom is -0.358 e. The predicted octanol–water partition coefficient (Wildman–Crippen LogP) is 0.570. The molecule has 2 heterocycles. The van der Waals surface area contributed by atoms with Crippen LogP contribution < -0.4 is 0 Å². The third-order valence-electron chi connectivity index (χ3n) is 1.60. The molecule has 0 spiro atoms. The Hall–Kier alpha value is -2.31. The second-order valence-electron chi connectivity index (χ2n) is 2.49. The number of hydrogen-bond acceptors (Lipinski definition) is 5. The van der Waals surface area contributed by atoms with Crippen molar-refractivity contribution in [3.63, 3.8) is 0 Å². The van der Waals surface area contributed by atoms with Crippen LogP contribution in [-0.4, -0.2) is 24.4 Å². The first-order valence-electron chi connectivity index (χ1n) is 3.71. The summed E-state index contributed by atoms with van der Waals surface area (Å²) in [4.78, 5) is 21.0. The highest BCUT2D eigenvalue weighted by Gasteiger charge is 2.10. The highest BCUT2D eigenvalue weighted by atomic mass is 16.6. The van der Waals surface area contributed by atoms with Crippen molar-refractivity contribution >= 4 is 5.82 Å². The maximum atomic E-state index is 10.3. The van der Waals surface area contributed by atoms with Gasteiger partial charge in [-0.05, 0) is 9.91 Å². The van der Waals surface area contributed by atoms with Gasteiger partial charge in [0.2, 0.25) is 6.33 Å². The lowest BCUT2D eigenvalue weighted by molar-refractivity contribution is -0.389. The van der Waals surface area contributed by atoms with E-state index in [1.807, 2.05) is 0 Å². The van der Waals surface area contributed by atoms with Gasteiger partial charge in [-0.25, -0.2) is 9.97 Å². The van der Waals surface area contributed by atoms with Crippen LogP contribution in [0.15, 0.2) is 31.2 Å². The Bertz CT molecular complexity index is 452. The fourth-order valence-electron chi connectivity index (χ4n) is 0.972. The number of nitro groups is 1. The van der Waals surface area contributed by atoms with Crippen LogP contribution in [0.25, 0.3) is 5.69 Å². The van der Waals surface area contributed by atoms with Crippen molar-refractivity contribution in [2.45, 2.75) is 0 Å². The maximum Gasteiger partial charge on any atom is 0.381 e. The Labute approximate surface area is 78.2 Å². The molecule has 0 saturated carbocycles. The Balaban J connectivity index is 2.39. The molecule has 0 radical (unpaired) electrons. The lowest BCUT2D eigenvalue weighted by Gasteiger charge is -1.95. The monoisotopic (exact) mass is 191 g/mol. The van der Waals surface area contributed by atoms with Crippen molar-refractivity contribution in [3.05, 3.63) is 41.4 Å². The van der Waals surface area contributed by atoms with Gasteiger partial charge in [0.05, 0.1) is 18.1 Å². The van der Waals surface area contributed by atoms with Crippen molar-refractivity contribution in [2.24, 2.45) is 0 Å². The molecule has 0 saturated heterocycles. The number of nitrogens with zero attached hydrogens (tertiary/aromatic N) is 5. The molecule has 0 aliphatic heterocycles. The second-order valence-corrected chi connectivity index (χ2v) is 2.49. The second kappa shape index (κ2) is 3.21.